The molecule has 0 N–H and O–H groups in total. The SMILES string of the molecule is CC[C@H]1O[C@@H]1C(=O)C(C)(C)C. The van der Waals surface area contributed by atoms with E-state index in [1.807, 2.05) is 27.7 Å². The molecule has 1 rings (SSSR count). The third-order valence-electron chi connectivity index (χ3n) is 1.98. The van der Waals surface area contributed by atoms with E-state index in [-0.39, 0.29) is 23.4 Å². The average Bonchev–Trinajstić information content (AvgIpc) is 2.62. The van der Waals surface area contributed by atoms with Gasteiger partial charge in [0.05, 0.1) is 6.10 Å². The highest BCUT2D eigenvalue weighted by molar-refractivity contribution is 5.90. The number of epoxide rings is 1. The van der Waals surface area contributed by atoms with E-state index in [9.17, 15) is 4.79 Å². The fourth-order valence-corrected chi connectivity index (χ4v) is 1.11. The van der Waals surface area contributed by atoms with Crippen LogP contribution in [0.15, 0.2) is 0 Å². The van der Waals surface area contributed by atoms with E-state index in [1.54, 1.807) is 0 Å². The van der Waals surface area contributed by atoms with Crippen molar-refractivity contribution in [2.24, 2.45) is 5.41 Å². The van der Waals surface area contributed by atoms with Crippen LogP contribution in [0.3, 0.4) is 0 Å². The van der Waals surface area contributed by atoms with Crippen molar-refractivity contribution < 1.29 is 9.53 Å². The molecule has 0 radical (unpaired) electrons. The first-order valence-corrected chi connectivity index (χ1v) is 4.16. The van der Waals surface area contributed by atoms with Gasteiger partial charge in [-0.15, -0.1) is 0 Å². The van der Waals surface area contributed by atoms with Gasteiger partial charge in [-0.2, -0.15) is 0 Å². The van der Waals surface area contributed by atoms with Crippen molar-refractivity contribution in [3.8, 4) is 0 Å². The van der Waals surface area contributed by atoms with Crippen LogP contribution in [0, 0.1) is 5.41 Å². The van der Waals surface area contributed by atoms with Crippen LogP contribution in [0.25, 0.3) is 0 Å². The Morgan fingerprint density at radius 2 is 2.00 bits per heavy atom. The molecule has 0 saturated carbocycles. The highest BCUT2D eigenvalue weighted by atomic mass is 16.6. The molecule has 0 aromatic heterocycles. The Labute approximate surface area is 67.9 Å². The van der Waals surface area contributed by atoms with Gasteiger partial charge in [0.2, 0.25) is 0 Å². The highest BCUT2D eigenvalue weighted by Gasteiger charge is 2.46. The lowest BCUT2D eigenvalue weighted by Crippen LogP contribution is -2.26. The molecule has 0 unspecified atom stereocenters. The molecule has 0 aromatic rings. The van der Waals surface area contributed by atoms with Gasteiger partial charge in [-0.25, -0.2) is 0 Å². The largest absolute Gasteiger partial charge is 0.361 e. The van der Waals surface area contributed by atoms with Crippen molar-refractivity contribution in [2.75, 3.05) is 0 Å². The summed E-state index contributed by atoms with van der Waals surface area (Å²) >= 11 is 0. The summed E-state index contributed by atoms with van der Waals surface area (Å²) in [4.78, 5) is 11.5. The molecule has 64 valence electrons. The van der Waals surface area contributed by atoms with Gasteiger partial charge in [0, 0.05) is 5.41 Å². The minimum atomic E-state index is -0.241. The summed E-state index contributed by atoms with van der Waals surface area (Å²) in [6.07, 6.45) is 1.06. The number of Topliss-reactive ketones (excluding diaryl/α,β-unsaturated/α-hetero) is 1. The van der Waals surface area contributed by atoms with Crippen LogP contribution in [-0.2, 0) is 9.53 Å². The standard InChI is InChI=1S/C9H16O2/c1-5-6-7(11-6)8(10)9(2,3)4/h6-7H,5H2,1-4H3/t6-,7+/m1/s1. The maximum absolute atomic E-state index is 11.5. The fourth-order valence-electron chi connectivity index (χ4n) is 1.11. The number of hydrogen-bond acceptors (Lipinski definition) is 2. The monoisotopic (exact) mass is 156 g/mol. The van der Waals surface area contributed by atoms with Gasteiger partial charge >= 0.3 is 0 Å². The lowest BCUT2D eigenvalue weighted by Gasteiger charge is -2.14. The zero-order valence-corrected chi connectivity index (χ0v) is 7.68. The Kier molecular flexibility index (Phi) is 2.06. The third-order valence-corrected chi connectivity index (χ3v) is 1.98. The molecule has 1 heterocycles. The summed E-state index contributed by atoms with van der Waals surface area (Å²) in [6, 6.07) is 0. The van der Waals surface area contributed by atoms with Crippen molar-refractivity contribution in [1.82, 2.24) is 0 Å². The fraction of sp³-hybridized carbons (Fsp3) is 0.889. The Hall–Kier alpha value is -0.370. The van der Waals surface area contributed by atoms with Crippen LogP contribution in [0.5, 0.6) is 0 Å². The average molecular weight is 156 g/mol. The molecular weight excluding hydrogens is 140 g/mol. The van der Waals surface area contributed by atoms with E-state index in [4.69, 9.17) is 4.74 Å². The maximum atomic E-state index is 11.5. The number of ketones is 1. The Morgan fingerprint density at radius 1 is 1.45 bits per heavy atom. The highest BCUT2D eigenvalue weighted by Crippen LogP contribution is 2.32. The van der Waals surface area contributed by atoms with Gasteiger partial charge in [-0.3, -0.25) is 4.79 Å². The molecule has 0 aromatic carbocycles. The van der Waals surface area contributed by atoms with E-state index >= 15 is 0 Å². The van der Waals surface area contributed by atoms with Crippen molar-refractivity contribution in [1.29, 1.82) is 0 Å². The zero-order chi connectivity index (χ0) is 8.65. The Morgan fingerprint density at radius 3 is 2.27 bits per heavy atom. The first-order valence-electron chi connectivity index (χ1n) is 4.16. The summed E-state index contributed by atoms with van der Waals surface area (Å²) in [5, 5.41) is 0. The zero-order valence-electron chi connectivity index (χ0n) is 7.68. The second-order valence-electron chi connectivity index (χ2n) is 4.12. The van der Waals surface area contributed by atoms with Crippen LogP contribution >= 0.6 is 0 Å². The van der Waals surface area contributed by atoms with Crippen molar-refractivity contribution in [3.63, 3.8) is 0 Å². The molecule has 1 saturated heterocycles. The quantitative estimate of drug-likeness (QED) is 0.570. The number of rotatable bonds is 2. The Balaban J connectivity index is 2.46. The smallest absolute Gasteiger partial charge is 0.169 e. The summed E-state index contributed by atoms with van der Waals surface area (Å²) in [5.41, 5.74) is -0.241. The second kappa shape index (κ2) is 2.59. The lowest BCUT2D eigenvalue weighted by atomic mass is 9.88. The molecule has 0 amide bonds. The van der Waals surface area contributed by atoms with Crippen molar-refractivity contribution >= 4 is 5.78 Å². The van der Waals surface area contributed by atoms with Crippen molar-refractivity contribution in [3.05, 3.63) is 0 Å². The number of carbonyl (C=O) groups excluding carboxylic acids is 1. The van der Waals surface area contributed by atoms with E-state index < -0.39 is 0 Å². The number of ether oxygens (including phenoxy) is 1. The molecule has 1 aliphatic rings. The molecule has 0 aliphatic carbocycles. The van der Waals surface area contributed by atoms with E-state index in [2.05, 4.69) is 0 Å². The first kappa shape index (κ1) is 8.72. The molecule has 1 aliphatic heterocycles. The normalized spacial score (nSPS) is 30.2. The van der Waals surface area contributed by atoms with Gasteiger partial charge < -0.3 is 4.74 Å². The van der Waals surface area contributed by atoms with Gasteiger partial charge in [0.15, 0.2) is 5.78 Å². The van der Waals surface area contributed by atoms with Gasteiger partial charge in [-0.1, -0.05) is 27.7 Å². The van der Waals surface area contributed by atoms with Gasteiger partial charge in [-0.05, 0) is 6.42 Å². The van der Waals surface area contributed by atoms with E-state index in [1.165, 1.54) is 0 Å². The predicted molar refractivity (Wildman–Crippen MR) is 43.4 cm³/mol. The van der Waals surface area contributed by atoms with E-state index in [0.717, 1.165) is 6.42 Å². The second-order valence-corrected chi connectivity index (χ2v) is 4.12. The minimum absolute atomic E-state index is 0.0972. The molecule has 2 nitrogen and oxygen atoms in total. The topological polar surface area (TPSA) is 29.6 Å². The summed E-state index contributed by atoms with van der Waals surface area (Å²) in [7, 11) is 0. The van der Waals surface area contributed by atoms with Gasteiger partial charge in [0.1, 0.15) is 6.10 Å². The molecule has 1 fully saturated rings. The number of hydrogen-bond donors (Lipinski definition) is 0. The molecule has 2 heteroatoms. The first-order chi connectivity index (χ1) is 4.96. The van der Waals surface area contributed by atoms with Crippen molar-refractivity contribution in [2.45, 2.75) is 46.3 Å². The summed E-state index contributed by atoms with van der Waals surface area (Å²) in [6.45, 7) is 7.85. The van der Waals surface area contributed by atoms with Gasteiger partial charge in [0.25, 0.3) is 0 Å². The van der Waals surface area contributed by atoms with Crippen LogP contribution < -0.4 is 0 Å². The predicted octanol–water partition coefficient (Wildman–Crippen LogP) is 1.78. The summed E-state index contributed by atoms with van der Waals surface area (Å²) < 4.78 is 5.20. The summed E-state index contributed by atoms with van der Waals surface area (Å²) in [5.74, 6) is 0.240. The molecule has 11 heavy (non-hydrogen) atoms. The molecule has 0 bridgehead atoms. The lowest BCUT2D eigenvalue weighted by molar-refractivity contribution is -0.127. The van der Waals surface area contributed by atoms with E-state index in [0.29, 0.717) is 0 Å². The van der Waals surface area contributed by atoms with Crippen LogP contribution in [0.2, 0.25) is 0 Å². The minimum Gasteiger partial charge on any atom is -0.361 e. The van der Waals surface area contributed by atoms with Crippen LogP contribution in [0.1, 0.15) is 34.1 Å². The molecule has 0 spiro atoms. The van der Waals surface area contributed by atoms with Crippen LogP contribution in [-0.4, -0.2) is 18.0 Å². The Bertz CT molecular complexity index is 167. The third kappa shape index (κ3) is 1.80. The number of carbonyl (C=O) groups is 1. The van der Waals surface area contributed by atoms with Crippen LogP contribution in [0.4, 0.5) is 0 Å². The maximum Gasteiger partial charge on any atom is 0.169 e. The molecular formula is C9H16O2. The molecule has 2 atom stereocenters.